The van der Waals surface area contributed by atoms with Gasteiger partial charge in [-0.05, 0) is 86.1 Å². The zero-order valence-electron chi connectivity index (χ0n) is 27.7. The molecule has 2 bridgehead atoms. The maximum Gasteiger partial charge on any atom is 0.321 e. The van der Waals surface area contributed by atoms with Crippen molar-refractivity contribution in [2.75, 3.05) is 34.6 Å². The molecule has 0 aromatic heterocycles. The Morgan fingerprint density at radius 3 is 2.12 bits per heavy atom. The molecule has 0 unspecified atom stereocenters. The fraction of sp³-hybridized carbons (Fsp3) is 0.263. The maximum absolute atomic E-state index is 15.3. The molecule has 11 nitrogen and oxygen atoms in total. The lowest BCUT2D eigenvalue weighted by Crippen LogP contribution is -2.51. The molecule has 2 saturated heterocycles. The van der Waals surface area contributed by atoms with Crippen molar-refractivity contribution in [2.45, 2.75) is 36.7 Å². The quantitative estimate of drug-likeness (QED) is 0.219. The number of anilines is 3. The maximum atomic E-state index is 15.3. The molecule has 1 atom stereocenters. The van der Waals surface area contributed by atoms with Crippen LogP contribution in [0, 0.1) is 17.7 Å². The summed E-state index contributed by atoms with van der Waals surface area (Å²) in [5.74, 6) is -0.614. The van der Waals surface area contributed by atoms with E-state index in [2.05, 4.69) is 20.3 Å². The van der Waals surface area contributed by atoms with E-state index in [1.54, 1.807) is 66.7 Å². The molecule has 51 heavy (non-hydrogen) atoms. The summed E-state index contributed by atoms with van der Waals surface area (Å²) < 4.78 is 44.0. The molecule has 3 aliphatic heterocycles. The Morgan fingerprint density at radius 2 is 1.41 bits per heavy atom. The molecule has 0 spiro atoms. The van der Waals surface area contributed by atoms with Gasteiger partial charge in [0.2, 0.25) is 12.1 Å². The van der Waals surface area contributed by atoms with Crippen LogP contribution >= 0.6 is 0 Å². The van der Waals surface area contributed by atoms with E-state index in [4.69, 9.17) is 0 Å². The number of benzodiazepines with no additional fused rings is 1. The van der Waals surface area contributed by atoms with E-state index in [-0.39, 0.29) is 34.3 Å². The molecule has 13 heteroatoms. The van der Waals surface area contributed by atoms with Crippen molar-refractivity contribution in [3.8, 4) is 0 Å². The second kappa shape index (κ2) is 14.4. The van der Waals surface area contributed by atoms with Gasteiger partial charge in [0, 0.05) is 35.6 Å². The molecule has 3 N–H and O–H groups in total. The minimum atomic E-state index is -3.99. The molecule has 4 amide bonds. The standard InChI is InChI=1S/C38H37FN6O5S/c39-32-15-6-4-13-30(32)35-31-14-5-7-16-33(31)45(24-34(46)44-22-25-17-18-26(23-44)20-19-25)37(47)36(41-35)42-38(48)40-28-11-8-12-29(21-28)51(49,50)43-27-9-2-1-3-10-27/h1-16,21,25-26,36,43H,17-20,22-24H2,(H2,40,42,48)/t25?,26?,36-/m0/s1. The number of nitrogens with zero attached hydrogens (tertiary/aromatic N) is 3. The fourth-order valence-electron chi connectivity index (χ4n) is 7.04. The summed E-state index contributed by atoms with van der Waals surface area (Å²) >= 11 is 0. The molecular weight excluding hydrogens is 672 g/mol. The highest BCUT2D eigenvalue weighted by atomic mass is 32.2. The third-order valence-corrected chi connectivity index (χ3v) is 11.0. The number of halogens is 1. The van der Waals surface area contributed by atoms with Crippen LogP contribution in [0.1, 0.15) is 36.8 Å². The minimum absolute atomic E-state index is 0.100. The van der Waals surface area contributed by atoms with Crippen LogP contribution in [-0.2, 0) is 19.6 Å². The van der Waals surface area contributed by atoms with Crippen LogP contribution in [-0.4, -0.2) is 62.7 Å². The van der Waals surface area contributed by atoms with Gasteiger partial charge in [-0.2, -0.15) is 0 Å². The number of hydrogen-bond donors (Lipinski definition) is 3. The van der Waals surface area contributed by atoms with Gasteiger partial charge in [0.05, 0.1) is 16.3 Å². The van der Waals surface area contributed by atoms with E-state index in [9.17, 15) is 22.8 Å². The molecule has 4 aromatic carbocycles. The Morgan fingerprint density at radius 1 is 0.784 bits per heavy atom. The first kappa shape index (κ1) is 33.9. The molecular formula is C38H37FN6O5S. The van der Waals surface area contributed by atoms with Crippen molar-refractivity contribution in [3.05, 3.63) is 120 Å². The van der Waals surface area contributed by atoms with Crippen molar-refractivity contribution < 1.29 is 27.2 Å². The lowest BCUT2D eigenvalue weighted by atomic mass is 9.84. The lowest BCUT2D eigenvalue weighted by molar-refractivity contribution is -0.132. The highest BCUT2D eigenvalue weighted by Crippen LogP contribution is 2.35. The van der Waals surface area contributed by atoms with Crippen LogP contribution in [0.5, 0.6) is 0 Å². The highest BCUT2D eigenvalue weighted by molar-refractivity contribution is 7.92. The number of aliphatic imine (C=N–C) groups is 1. The largest absolute Gasteiger partial charge is 0.341 e. The molecule has 1 saturated carbocycles. The third kappa shape index (κ3) is 7.48. The number of sulfonamides is 1. The SMILES string of the molecule is O=C(Nc1cccc(S(=O)(=O)Nc2ccccc2)c1)N[C@@H]1N=C(c2ccccc2F)c2ccccc2N(CC(=O)N2CC3CCC(CC3)C2)C1=O. The summed E-state index contributed by atoms with van der Waals surface area (Å²) in [6, 6.07) is 26.0. The van der Waals surface area contributed by atoms with Gasteiger partial charge in [-0.1, -0.05) is 54.6 Å². The average Bonchev–Trinajstić information content (AvgIpc) is 3.51. The van der Waals surface area contributed by atoms with Gasteiger partial charge in [-0.25, -0.2) is 22.6 Å². The Hall–Kier alpha value is -5.56. The van der Waals surface area contributed by atoms with Crippen molar-refractivity contribution >= 4 is 50.6 Å². The van der Waals surface area contributed by atoms with Crippen molar-refractivity contribution in [3.63, 3.8) is 0 Å². The molecule has 262 valence electrons. The summed E-state index contributed by atoms with van der Waals surface area (Å²) in [6.45, 7) is 0.981. The highest BCUT2D eigenvalue weighted by Gasteiger charge is 2.37. The van der Waals surface area contributed by atoms with Crippen molar-refractivity contribution in [2.24, 2.45) is 16.8 Å². The van der Waals surface area contributed by atoms with Gasteiger partial charge in [-0.3, -0.25) is 19.2 Å². The third-order valence-electron chi connectivity index (χ3n) is 9.60. The van der Waals surface area contributed by atoms with Gasteiger partial charge in [0.15, 0.2) is 0 Å². The van der Waals surface area contributed by atoms with Gasteiger partial charge in [0.25, 0.3) is 15.9 Å². The van der Waals surface area contributed by atoms with E-state index < -0.39 is 33.9 Å². The van der Waals surface area contributed by atoms with Crippen LogP contribution < -0.4 is 20.3 Å². The fourth-order valence-corrected chi connectivity index (χ4v) is 8.14. The first-order valence-electron chi connectivity index (χ1n) is 16.9. The molecule has 8 rings (SSSR count). The van der Waals surface area contributed by atoms with E-state index in [1.807, 2.05) is 4.90 Å². The van der Waals surface area contributed by atoms with E-state index in [1.165, 1.54) is 41.3 Å². The number of carbonyl (C=O) groups excluding carboxylic acids is 3. The number of benzene rings is 4. The minimum Gasteiger partial charge on any atom is -0.341 e. The number of urea groups is 1. The van der Waals surface area contributed by atoms with Crippen molar-refractivity contribution in [1.82, 2.24) is 10.2 Å². The Balaban J connectivity index is 1.18. The predicted molar refractivity (Wildman–Crippen MR) is 192 cm³/mol. The summed E-state index contributed by atoms with van der Waals surface area (Å²) in [4.78, 5) is 49.4. The first-order valence-corrected chi connectivity index (χ1v) is 18.4. The van der Waals surface area contributed by atoms with Gasteiger partial charge < -0.3 is 15.5 Å². The molecule has 4 aromatic rings. The average molecular weight is 709 g/mol. The molecule has 4 aliphatic rings. The number of hydrogen-bond acceptors (Lipinski definition) is 6. The smallest absolute Gasteiger partial charge is 0.321 e. The van der Waals surface area contributed by atoms with Crippen LogP contribution in [0.3, 0.4) is 0 Å². The molecule has 3 fully saturated rings. The number of nitrogens with one attached hydrogen (secondary N) is 3. The second-order valence-electron chi connectivity index (χ2n) is 13.1. The first-order chi connectivity index (χ1) is 24.6. The topological polar surface area (TPSA) is 140 Å². The number of rotatable bonds is 8. The van der Waals surface area contributed by atoms with Gasteiger partial charge >= 0.3 is 6.03 Å². The van der Waals surface area contributed by atoms with E-state index in [0.29, 0.717) is 41.9 Å². The summed E-state index contributed by atoms with van der Waals surface area (Å²) in [7, 11) is -3.99. The monoisotopic (exact) mass is 708 g/mol. The van der Waals surface area contributed by atoms with E-state index >= 15 is 4.39 Å². The van der Waals surface area contributed by atoms with Crippen LogP contribution in [0.25, 0.3) is 0 Å². The van der Waals surface area contributed by atoms with Crippen molar-refractivity contribution in [1.29, 1.82) is 0 Å². The number of carbonyl (C=O) groups is 3. The normalized spacial score (nSPS) is 20.1. The zero-order chi connectivity index (χ0) is 35.5. The van der Waals surface area contributed by atoms with Gasteiger partial charge in [0.1, 0.15) is 12.4 Å². The second-order valence-corrected chi connectivity index (χ2v) is 14.8. The molecule has 1 aliphatic carbocycles. The Labute approximate surface area is 295 Å². The predicted octanol–water partition coefficient (Wildman–Crippen LogP) is 5.61. The van der Waals surface area contributed by atoms with Crippen LogP contribution in [0.2, 0.25) is 0 Å². The molecule has 0 radical (unpaired) electrons. The van der Waals surface area contributed by atoms with Crippen LogP contribution in [0.15, 0.2) is 113 Å². The number of amides is 4. The Bertz CT molecular complexity index is 2090. The summed E-state index contributed by atoms with van der Waals surface area (Å²) in [5, 5.41) is 5.18. The van der Waals surface area contributed by atoms with Crippen LogP contribution in [0.4, 0.5) is 26.2 Å². The summed E-state index contributed by atoms with van der Waals surface area (Å²) in [5.41, 5.74) is 1.54. The van der Waals surface area contributed by atoms with Gasteiger partial charge in [-0.15, -0.1) is 0 Å². The zero-order valence-corrected chi connectivity index (χ0v) is 28.5. The number of para-hydroxylation sites is 2. The Kier molecular flexibility index (Phi) is 9.54. The summed E-state index contributed by atoms with van der Waals surface area (Å²) in [6.07, 6.45) is 2.77. The lowest BCUT2D eigenvalue weighted by Gasteiger charge is -2.29. The number of fused-ring (bicyclic) bond motifs is 5. The molecule has 3 heterocycles. The van der Waals surface area contributed by atoms with E-state index in [0.717, 1.165) is 25.7 Å².